The lowest BCUT2D eigenvalue weighted by molar-refractivity contribution is 0.242. The fourth-order valence-corrected chi connectivity index (χ4v) is 3.06. The molecule has 3 N–H and O–H groups in total. The molecule has 0 bridgehead atoms. The van der Waals surface area contributed by atoms with Crippen LogP contribution in [0.5, 0.6) is 5.75 Å². The molecule has 4 heteroatoms. The lowest BCUT2D eigenvalue weighted by Crippen LogP contribution is -2.28. The molecule has 102 valence electrons. The summed E-state index contributed by atoms with van der Waals surface area (Å²) in [6, 6.07) is 10.2. The van der Waals surface area contributed by atoms with Crippen molar-refractivity contribution in [2.24, 2.45) is 5.84 Å². The van der Waals surface area contributed by atoms with E-state index in [0.717, 1.165) is 11.3 Å². The molecular weight excluding hydrogens is 256 g/mol. The van der Waals surface area contributed by atoms with Crippen molar-refractivity contribution >= 4 is 11.3 Å². The molecule has 0 aliphatic rings. The van der Waals surface area contributed by atoms with E-state index in [0.29, 0.717) is 0 Å². The minimum Gasteiger partial charge on any atom is -0.491 e. The summed E-state index contributed by atoms with van der Waals surface area (Å²) >= 11 is 1.71. The first-order valence-electron chi connectivity index (χ1n) is 6.38. The van der Waals surface area contributed by atoms with Crippen LogP contribution in [0.3, 0.4) is 0 Å². The summed E-state index contributed by atoms with van der Waals surface area (Å²) in [5.41, 5.74) is 5.27. The fraction of sp³-hybridized carbons (Fsp3) is 0.333. The molecule has 1 aromatic heterocycles. The molecule has 19 heavy (non-hydrogen) atoms. The highest BCUT2D eigenvalue weighted by Gasteiger charge is 2.16. The number of benzene rings is 1. The van der Waals surface area contributed by atoms with E-state index in [1.165, 1.54) is 10.4 Å². The summed E-state index contributed by atoms with van der Waals surface area (Å²) in [4.78, 5) is 1.24. The van der Waals surface area contributed by atoms with E-state index in [-0.39, 0.29) is 12.1 Å². The second-order valence-electron chi connectivity index (χ2n) is 4.81. The molecule has 2 aromatic rings. The average molecular weight is 276 g/mol. The number of aryl methyl sites for hydroxylation is 1. The van der Waals surface area contributed by atoms with Gasteiger partial charge in [0.15, 0.2) is 0 Å². The smallest absolute Gasteiger partial charge is 0.120 e. The molecule has 3 nitrogen and oxygen atoms in total. The minimum absolute atomic E-state index is 0.00992. The molecule has 0 radical (unpaired) electrons. The third-order valence-corrected chi connectivity index (χ3v) is 3.98. The molecule has 0 amide bonds. The Balaban J connectivity index is 2.31. The number of nitrogens with one attached hydrogen (secondary N) is 1. The van der Waals surface area contributed by atoms with Gasteiger partial charge < -0.3 is 4.74 Å². The lowest BCUT2D eigenvalue weighted by atomic mass is 10.0. The van der Waals surface area contributed by atoms with Crippen molar-refractivity contribution < 1.29 is 4.74 Å². The van der Waals surface area contributed by atoms with Gasteiger partial charge in [0.25, 0.3) is 0 Å². The molecule has 0 spiro atoms. The van der Waals surface area contributed by atoms with E-state index in [9.17, 15) is 0 Å². The van der Waals surface area contributed by atoms with Gasteiger partial charge in [-0.1, -0.05) is 12.1 Å². The number of hydrogen-bond acceptors (Lipinski definition) is 4. The van der Waals surface area contributed by atoms with Crippen LogP contribution in [0.25, 0.3) is 0 Å². The summed E-state index contributed by atoms with van der Waals surface area (Å²) in [5, 5.41) is 2.09. The Morgan fingerprint density at radius 2 is 2.05 bits per heavy atom. The summed E-state index contributed by atoms with van der Waals surface area (Å²) in [7, 11) is 0. The van der Waals surface area contributed by atoms with Gasteiger partial charge >= 0.3 is 0 Å². The van der Waals surface area contributed by atoms with Crippen LogP contribution in [0, 0.1) is 6.92 Å². The third-order valence-electron chi connectivity index (χ3n) is 2.89. The Morgan fingerprint density at radius 1 is 1.26 bits per heavy atom. The van der Waals surface area contributed by atoms with Crippen LogP contribution in [-0.4, -0.2) is 6.10 Å². The number of rotatable bonds is 5. The highest BCUT2D eigenvalue weighted by Crippen LogP contribution is 2.30. The van der Waals surface area contributed by atoms with Gasteiger partial charge in [-0.15, -0.1) is 11.3 Å². The van der Waals surface area contributed by atoms with Gasteiger partial charge in [0.1, 0.15) is 5.75 Å². The highest BCUT2D eigenvalue weighted by molar-refractivity contribution is 7.10. The van der Waals surface area contributed by atoms with Crippen LogP contribution < -0.4 is 16.0 Å². The largest absolute Gasteiger partial charge is 0.491 e. The maximum atomic E-state index is 5.73. The summed E-state index contributed by atoms with van der Waals surface area (Å²) < 4.78 is 5.73. The lowest BCUT2D eigenvalue weighted by Gasteiger charge is -2.18. The molecule has 0 saturated heterocycles. The molecule has 0 fully saturated rings. The molecule has 1 aromatic carbocycles. The van der Waals surface area contributed by atoms with Gasteiger partial charge in [-0.2, -0.15) is 0 Å². The maximum Gasteiger partial charge on any atom is 0.120 e. The molecular formula is C15H20N2OS. The Kier molecular flexibility index (Phi) is 4.58. The summed E-state index contributed by atoms with van der Waals surface area (Å²) in [6.07, 6.45) is 0.169. The first kappa shape index (κ1) is 14.1. The van der Waals surface area contributed by atoms with E-state index in [1.54, 1.807) is 11.3 Å². The number of hydrogen-bond donors (Lipinski definition) is 2. The molecule has 1 atom stereocenters. The van der Waals surface area contributed by atoms with Gasteiger partial charge in [0.2, 0.25) is 0 Å². The molecule has 1 heterocycles. The maximum absolute atomic E-state index is 5.73. The third kappa shape index (κ3) is 3.35. The minimum atomic E-state index is 0.00992. The second kappa shape index (κ2) is 6.19. The predicted molar refractivity (Wildman–Crippen MR) is 80.4 cm³/mol. The van der Waals surface area contributed by atoms with Gasteiger partial charge in [-0.25, -0.2) is 5.43 Å². The standard InChI is InChI=1S/C15H20N2OS/c1-10(2)18-13-6-4-5-12(9-13)14(17-16)15-11(3)7-8-19-15/h4-10,14,17H,16H2,1-3H3. The van der Waals surface area contributed by atoms with Crippen molar-refractivity contribution in [1.29, 1.82) is 0 Å². The van der Waals surface area contributed by atoms with Crippen LogP contribution in [0.4, 0.5) is 0 Å². The monoisotopic (exact) mass is 276 g/mol. The number of ether oxygens (including phenoxy) is 1. The summed E-state index contributed by atoms with van der Waals surface area (Å²) in [5.74, 6) is 6.61. The Hall–Kier alpha value is -1.36. The van der Waals surface area contributed by atoms with Crippen molar-refractivity contribution in [3.8, 4) is 5.75 Å². The summed E-state index contributed by atoms with van der Waals surface area (Å²) in [6.45, 7) is 6.15. The second-order valence-corrected chi connectivity index (χ2v) is 5.75. The number of nitrogens with two attached hydrogens (primary N) is 1. The zero-order valence-corrected chi connectivity index (χ0v) is 12.3. The van der Waals surface area contributed by atoms with Gasteiger partial charge in [-0.05, 0) is 55.5 Å². The number of thiophene rings is 1. The van der Waals surface area contributed by atoms with Crippen LogP contribution in [0.15, 0.2) is 35.7 Å². The molecule has 0 saturated carbocycles. The van der Waals surface area contributed by atoms with E-state index in [4.69, 9.17) is 10.6 Å². The predicted octanol–water partition coefficient (Wildman–Crippen LogP) is 3.40. The van der Waals surface area contributed by atoms with Crippen molar-refractivity contribution in [3.05, 3.63) is 51.7 Å². The van der Waals surface area contributed by atoms with Crippen LogP contribution in [0.2, 0.25) is 0 Å². The molecule has 2 rings (SSSR count). The highest BCUT2D eigenvalue weighted by atomic mass is 32.1. The Bertz CT molecular complexity index is 536. The van der Waals surface area contributed by atoms with Gasteiger partial charge in [-0.3, -0.25) is 5.84 Å². The van der Waals surface area contributed by atoms with E-state index in [2.05, 4.69) is 29.9 Å². The van der Waals surface area contributed by atoms with E-state index in [1.807, 2.05) is 32.0 Å². The van der Waals surface area contributed by atoms with Crippen molar-refractivity contribution in [3.63, 3.8) is 0 Å². The molecule has 0 aliphatic heterocycles. The molecule has 1 unspecified atom stereocenters. The normalized spacial score (nSPS) is 12.7. The van der Waals surface area contributed by atoms with Crippen LogP contribution in [0.1, 0.15) is 35.9 Å². The zero-order chi connectivity index (χ0) is 13.8. The van der Waals surface area contributed by atoms with Crippen LogP contribution in [-0.2, 0) is 0 Å². The van der Waals surface area contributed by atoms with Crippen molar-refractivity contribution in [2.75, 3.05) is 0 Å². The zero-order valence-electron chi connectivity index (χ0n) is 11.5. The Morgan fingerprint density at radius 3 is 2.63 bits per heavy atom. The Labute approximate surface area is 118 Å². The number of hydrazine groups is 1. The first-order valence-corrected chi connectivity index (χ1v) is 7.26. The van der Waals surface area contributed by atoms with E-state index < -0.39 is 0 Å². The van der Waals surface area contributed by atoms with Crippen LogP contribution >= 0.6 is 11.3 Å². The first-order chi connectivity index (χ1) is 9.11. The fourth-order valence-electron chi connectivity index (χ4n) is 2.04. The van der Waals surface area contributed by atoms with Crippen molar-refractivity contribution in [1.82, 2.24) is 5.43 Å². The van der Waals surface area contributed by atoms with Gasteiger partial charge in [0.05, 0.1) is 12.1 Å². The van der Waals surface area contributed by atoms with Gasteiger partial charge in [0, 0.05) is 4.88 Å². The van der Waals surface area contributed by atoms with E-state index >= 15 is 0 Å². The average Bonchev–Trinajstić information content (AvgIpc) is 2.77. The topological polar surface area (TPSA) is 47.3 Å². The quantitative estimate of drug-likeness (QED) is 0.650. The molecule has 0 aliphatic carbocycles. The SMILES string of the molecule is Cc1ccsc1C(NN)c1cccc(OC(C)C)c1. The van der Waals surface area contributed by atoms with Crippen molar-refractivity contribution in [2.45, 2.75) is 32.9 Å².